The van der Waals surface area contributed by atoms with Gasteiger partial charge in [-0.05, 0) is 75.0 Å². The molecule has 4 heteroatoms. The minimum absolute atomic E-state index is 0.214. The fourth-order valence-electron chi connectivity index (χ4n) is 6.04. The molecule has 0 amide bonds. The Labute approximate surface area is 146 Å². The molecule has 5 aliphatic heterocycles. The van der Waals surface area contributed by atoms with Crippen LogP contribution in [-0.2, 0) is 9.47 Å². The number of hydrogen-bond donors (Lipinski definition) is 0. The Bertz CT molecular complexity index is 353. The first kappa shape index (κ1) is 16.0. The van der Waals surface area contributed by atoms with Gasteiger partial charge in [-0.1, -0.05) is 0 Å². The van der Waals surface area contributed by atoms with E-state index in [0.29, 0.717) is 0 Å². The molecule has 0 spiro atoms. The van der Waals surface area contributed by atoms with E-state index in [4.69, 9.17) is 9.47 Å². The summed E-state index contributed by atoms with van der Waals surface area (Å²) < 4.78 is 12.7. The molecule has 2 atom stereocenters. The molecule has 0 radical (unpaired) electrons. The lowest BCUT2D eigenvalue weighted by Gasteiger charge is -2.41. The zero-order valence-corrected chi connectivity index (χ0v) is 15.1. The molecule has 0 N–H and O–H groups in total. The van der Waals surface area contributed by atoms with Crippen molar-refractivity contribution in [3.63, 3.8) is 0 Å². The van der Waals surface area contributed by atoms with Crippen molar-refractivity contribution in [3.8, 4) is 0 Å². The fourth-order valence-corrected chi connectivity index (χ4v) is 6.04. The number of hydrogen-bond acceptors (Lipinski definition) is 4. The third kappa shape index (κ3) is 3.27. The lowest BCUT2D eigenvalue weighted by Crippen LogP contribution is -2.53. The highest BCUT2D eigenvalue weighted by molar-refractivity contribution is 4.87. The first-order chi connectivity index (χ1) is 11.8. The van der Waals surface area contributed by atoms with Crippen LogP contribution in [0.25, 0.3) is 0 Å². The maximum Gasteiger partial charge on any atom is 0.134 e. The summed E-state index contributed by atoms with van der Waals surface area (Å²) in [5.41, 5.74) is 0. The Kier molecular flexibility index (Phi) is 4.59. The Hall–Kier alpha value is -0.160. The van der Waals surface area contributed by atoms with E-state index in [1.807, 2.05) is 0 Å². The average molecular weight is 335 g/mol. The van der Waals surface area contributed by atoms with Gasteiger partial charge in [-0.2, -0.15) is 0 Å². The SMILES string of the molecule is C1CC2CCC1CN([C@@H]1CO[C@@H](N3CC4CCC(CC4)C3)CO1)C2. The highest BCUT2D eigenvalue weighted by Gasteiger charge is 2.38. The van der Waals surface area contributed by atoms with Gasteiger partial charge in [-0.25, -0.2) is 0 Å². The molecule has 7 aliphatic rings. The Morgan fingerprint density at radius 2 is 0.750 bits per heavy atom. The van der Waals surface area contributed by atoms with E-state index in [2.05, 4.69) is 9.80 Å². The normalized spacial score (nSPS) is 47.5. The van der Waals surface area contributed by atoms with Crippen molar-refractivity contribution >= 4 is 0 Å². The van der Waals surface area contributed by atoms with Gasteiger partial charge in [0.1, 0.15) is 12.5 Å². The van der Waals surface area contributed by atoms with Crippen LogP contribution in [0.5, 0.6) is 0 Å². The summed E-state index contributed by atoms with van der Waals surface area (Å²) in [6, 6.07) is 0. The summed E-state index contributed by atoms with van der Waals surface area (Å²) in [6.07, 6.45) is 11.9. The van der Waals surface area contributed by atoms with Gasteiger partial charge in [-0.15, -0.1) is 0 Å². The third-order valence-electron chi connectivity index (χ3n) is 7.58. The van der Waals surface area contributed by atoms with Gasteiger partial charge in [0.25, 0.3) is 0 Å². The summed E-state index contributed by atoms with van der Waals surface area (Å²) >= 11 is 0. The predicted molar refractivity (Wildman–Crippen MR) is 93.5 cm³/mol. The molecule has 2 saturated carbocycles. The Morgan fingerprint density at radius 3 is 1.00 bits per heavy atom. The van der Waals surface area contributed by atoms with Gasteiger partial charge in [0.2, 0.25) is 0 Å². The second kappa shape index (κ2) is 6.86. The van der Waals surface area contributed by atoms with Crippen molar-refractivity contribution in [2.75, 3.05) is 39.4 Å². The quantitative estimate of drug-likeness (QED) is 0.775. The monoisotopic (exact) mass is 334 g/mol. The summed E-state index contributed by atoms with van der Waals surface area (Å²) in [5, 5.41) is 0. The maximum absolute atomic E-state index is 6.35. The Balaban J connectivity index is 1.17. The third-order valence-corrected chi connectivity index (χ3v) is 7.58. The fraction of sp³-hybridized carbons (Fsp3) is 1.00. The van der Waals surface area contributed by atoms with Gasteiger partial charge >= 0.3 is 0 Å². The van der Waals surface area contributed by atoms with Crippen molar-refractivity contribution in [2.24, 2.45) is 23.7 Å². The van der Waals surface area contributed by atoms with Crippen molar-refractivity contribution < 1.29 is 9.47 Å². The van der Waals surface area contributed by atoms with Crippen molar-refractivity contribution in [3.05, 3.63) is 0 Å². The van der Waals surface area contributed by atoms with Crippen LogP contribution in [0.1, 0.15) is 51.4 Å². The summed E-state index contributed by atoms with van der Waals surface area (Å²) in [5.74, 6) is 3.63. The van der Waals surface area contributed by atoms with Crippen LogP contribution in [-0.4, -0.2) is 61.6 Å². The summed E-state index contributed by atoms with van der Waals surface area (Å²) in [4.78, 5) is 5.22. The van der Waals surface area contributed by atoms with Crippen LogP contribution in [0.3, 0.4) is 0 Å². The van der Waals surface area contributed by atoms with E-state index in [-0.39, 0.29) is 12.5 Å². The molecule has 0 aromatic rings. The minimum Gasteiger partial charge on any atom is -0.357 e. The maximum atomic E-state index is 6.35. The number of nitrogens with zero attached hydrogens (tertiary/aromatic N) is 2. The zero-order chi connectivity index (χ0) is 15.9. The number of fused-ring (bicyclic) bond motifs is 8. The topological polar surface area (TPSA) is 24.9 Å². The molecule has 5 saturated heterocycles. The molecule has 0 aromatic carbocycles. The van der Waals surface area contributed by atoms with Gasteiger partial charge in [0.15, 0.2) is 0 Å². The highest BCUT2D eigenvalue weighted by atomic mass is 16.6. The second-order valence-electron chi connectivity index (χ2n) is 9.26. The van der Waals surface area contributed by atoms with Crippen molar-refractivity contribution in [1.29, 1.82) is 0 Å². The van der Waals surface area contributed by atoms with E-state index in [1.54, 1.807) is 0 Å². The molecule has 0 unspecified atom stereocenters. The van der Waals surface area contributed by atoms with Crippen LogP contribution >= 0.6 is 0 Å². The molecule has 0 aromatic heterocycles. The lowest BCUT2D eigenvalue weighted by atomic mass is 9.84. The van der Waals surface area contributed by atoms with E-state index >= 15 is 0 Å². The average Bonchev–Trinajstić information content (AvgIpc) is 3.13. The first-order valence-electron chi connectivity index (χ1n) is 10.5. The van der Waals surface area contributed by atoms with Crippen LogP contribution < -0.4 is 0 Å². The van der Waals surface area contributed by atoms with E-state index in [9.17, 15) is 0 Å². The van der Waals surface area contributed by atoms with Crippen molar-refractivity contribution in [1.82, 2.24) is 9.80 Å². The minimum atomic E-state index is 0.214. The van der Waals surface area contributed by atoms with Crippen LogP contribution in [0.4, 0.5) is 0 Å². The van der Waals surface area contributed by atoms with Gasteiger partial charge in [-0.3, -0.25) is 9.80 Å². The predicted octanol–water partition coefficient (Wildman–Crippen LogP) is 2.93. The molecular formula is C20H34N2O2. The molecule has 7 fully saturated rings. The Morgan fingerprint density at radius 1 is 0.458 bits per heavy atom. The van der Waals surface area contributed by atoms with E-state index < -0.39 is 0 Å². The van der Waals surface area contributed by atoms with Crippen LogP contribution in [0.15, 0.2) is 0 Å². The lowest BCUT2D eigenvalue weighted by molar-refractivity contribution is -0.224. The molecule has 7 rings (SSSR count). The smallest absolute Gasteiger partial charge is 0.134 e. The standard InChI is InChI=1S/C20H34N2O2/c1-2-16-4-3-15(1)9-21(10-16)19-13-24-20(14-23-19)22-11-17-5-6-18(12-22)8-7-17/h15-20H,1-14H2/t15?,16?,17?,18?,19-,20+. The molecular weight excluding hydrogens is 300 g/mol. The molecule has 4 bridgehead atoms. The largest absolute Gasteiger partial charge is 0.357 e. The first-order valence-corrected chi connectivity index (χ1v) is 10.5. The van der Waals surface area contributed by atoms with Gasteiger partial charge in [0.05, 0.1) is 13.2 Å². The highest BCUT2D eigenvalue weighted by Crippen LogP contribution is 2.37. The van der Waals surface area contributed by atoms with Gasteiger partial charge < -0.3 is 9.47 Å². The second-order valence-corrected chi connectivity index (χ2v) is 9.26. The van der Waals surface area contributed by atoms with Crippen molar-refractivity contribution in [2.45, 2.75) is 63.8 Å². The number of ether oxygens (including phenoxy) is 2. The molecule has 24 heavy (non-hydrogen) atoms. The summed E-state index contributed by atoms with van der Waals surface area (Å²) in [7, 11) is 0. The van der Waals surface area contributed by atoms with E-state index in [1.165, 1.54) is 77.5 Å². The van der Waals surface area contributed by atoms with E-state index in [0.717, 1.165) is 36.9 Å². The molecule has 136 valence electrons. The van der Waals surface area contributed by atoms with Crippen LogP contribution in [0, 0.1) is 23.7 Å². The number of rotatable bonds is 2. The zero-order valence-electron chi connectivity index (χ0n) is 15.1. The van der Waals surface area contributed by atoms with Gasteiger partial charge in [0, 0.05) is 26.2 Å². The molecule has 2 aliphatic carbocycles. The molecule has 4 nitrogen and oxygen atoms in total. The van der Waals surface area contributed by atoms with Crippen LogP contribution in [0.2, 0.25) is 0 Å². The molecule has 5 heterocycles. The summed E-state index contributed by atoms with van der Waals surface area (Å²) in [6.45, 7) is 6.50.